The number of rotatable bonds is 0. The van der Waals surface area contributed by atoms with Crippen molar-refractivity contribution in [3.05, 3.63) is 60.4 Å². The van der Waals surface area contributed by atoms with Gasteiger partial charge >= 0.3 is 0 Å². The van der Waals surface area contributed by atoms with E-state index in [0.717, 1.165) is 11.1 Å². The number of hydrogen-bond donors (Lipinski definition) is 1. The van der Waals surface area contributed by atoms with Crippen molar-refractivity contribution < 1.29 is 28.5 Å². The zero-order valence-electron chi connectivity index (χ0n) is 13.3. The number of anilines is 1. The number of amides is 1. The predicted octanol–water partition coefficient (Wildman–Crippen LogP) is 2.80. The summed E-state index contributed by atoms with van der Waals surface area (Å²) in [5.41, 5.74) is 1.23. The smallest absolute Gasteiger partial charge is 0.243 e. The second kappa shape index (κ2) is 4.51. The van der Waals surface area contributed by atoms with Crippen LogP contribution < -0.4 is 29.0 Å². The molecule has 1 N–H and O–H groups in total. The molecule has 1 amide bonds. The Morgan fingerprint density at radius 1 is 0.731 bits per heavy atom. The van der Waals surface area contributed by atoms with Gasteiger partial charge in [-0.15, -0.1) is 0 Å². The van der Waals surface area contributed by atoms with Gasteiger partial charge in [0.15, 0.2) is 23.0 Å². The molecule has 1 unspecified atom stereocenters. The molecule has 0 bridgehead atoms. The minimum absolute atomic E-state index is 0.159. The van der Waals surface area contributed by atoms with E-state index in [-0.39, 0.29) is 12.5 Å². The van der Waals surface area contributed by atoms with Gasteiger partial charge in [-0.1, -0.05) is 0 Å². The zero-order chi connectivity index (χ0) is 17.3. The first-order valence-electron chi connectivity index (χ1n) is 8.04. The third-order valence-electron chi connectivity index (χ3n) is 5.02. The molecule has 1 atom stereocenters. The van der Waals surface area contributed by atoms with Gasteiger partial charge in [0.2, 0.25) is 5.91 Å². The summed E-state index contributed by atoms with van der Waals surface area (Å²) in [5, 5.41) is 2.94. The van der Waals surface area contributed by atoms with Crippen LogP contribution in [-0.4, -0.2) is 12.5 Å². The monoisotopic (exact) mass is 349 g/mol. The Morgan fingerprint density at radius 2 is 1.31 bits per heavy atom. The molecule has 0 aromatic heterocycles. The van der Waals surface area contributed by atoms with Gasteiger partial charge < -0.3 is 29.0 Å². The SMILES string of the molecule is O=C1Nc2cc3c(cc2C12COc1cc4c(cc12)OC=CO4)OC=CO3. The average molecular weight is 349 g/mol. The molecule has 0 saturated carbocycles. The molecule has 4 aliphatic heterocycles. The molecule has 128 valence electrons. The van der Waals surface area contributed by atoms with Gasteiger partial charge in [0.1, 0.15) is 42.8 Å². The highest BCUT2D eigenvalue weighted by molar-refractivity contribution is 6.10. The molecule has 2 aromatic rings. The van der Waals surface area contributed by atoms with E-state index in [9.17, 15) is 4.79 Å². The predicted molar refractivity (Wildman–Crippen MR) is 88.6 cm³/mol. The number of fused-ring (bicyclic) bond motifs is 6. The second-order valence-corrected chi connectivity index (χ2v) is 6.30. The maximum atomic E-state index is 13.0. The Balaban J connectivity index is 1.57. The molecule has 4 heterocycles. The first kappa shape index (κ1) is 13.7. The Kier molecular flexibility index (Phi) is 2.37. The van der Waals surface area contributed by atoms with E-state index in [1.807, 2.05) is 6.07 Å². The normalized spacial score (nSPS) is 22.7. The Labute approximate surface area is 147 Å². The third kappa shape index (κ3) is 1.55. The number of hydrogen-bond acceptors (Lipinski definition) is 6. The lowest BCUT2D eigenvalue weighted by molar-refractivity contribution is -0.119. The molecule has 0 fully saturated rings. The largest absolute Gasteiger partial charge is 0.491 e. The number of carbonyl (C=O) groups is 1. The van der Waals surface area contributed by atoms with Gasteiger partial charge in [-0.25, -0.2) is 0 Å². The van der Waals surface area contributed by atoms with E-state index >= 15 is 0 Å². The molecule has 7 heteroatoms. The maximum absolute atomic E-state index is 13.0. The fourth-order valence-corrected chi connectivity index (χ4v) is 3.81. The first-order chi connectivity index (χ1) is 12.8. The van der Waals surface area contributed by atoms with Crippen LogP contribution in [-0.2, 0) is 10.2 Å². The lowest BCUT2D eigenvalue weighted by Gasteiger charge is -2.22. The summed E-state index contributed by atoms with van der Waals surface area (Å²) in [6, 6.07) is 7.13. The highest BCUT2D eigenvalue weighted by Crippen LogP contribution is 2.55. The van der Waals surface area contributed by atoms with Crippen LogP contribution >= 0.6 is 0 Å². The average Bonchev–Trinajstić information content (AvgIpc) is 3.17. The Bertz CT molecular complexity index is 1040. The highest BCUT2D eigenvalue weighted by atomic mass is 16.6. The molecule has 1 spiro atoms. The third-order valence-corrected chi connectivity index (χ3v) is 5.02. The molecule has 4 aliphatic rings. The first-order valence-corrected chi connectivity index (χ1v) is 8.04. The number of benzene rings is 2. The van der Waals surface area contributed by atoms with Crippen LogP contribution in [0.25, 0.3) is 0 Å². The van der Waals surface area contributed by atoms with Gasteiger partial charge in [0.25, 0.3) is 0 Å². The summed E-state index contributed by atoms with van der Waals surface area (Å²) >= 11 is 0. The summed E-state index contributed by atoms with van der Waals surface area (Å²) in [6.07, 6.45) is 5.81. The van der Waals surface area contributed by atoms with Crippen molar-refractivity contribution >= 4 is 11.6 Å². The minimum atomic E-state index is -0.968. The summed E-state index contributed by atoms with van der Waals surface area (Å²) in [5.74, 6) is 2.63. The van der Waals surface area contributed by atoms with Crippen LogP contribution in [0.1, 0.15) is 11.1 Å². The highest BCUT2D eigenvalue weighted by Gasteiger charge is 2.55. The van der Waals surface area contributed by atoms with Gasteiger partial charge in [-0.05, 0) is 12.1 Å². The minimum Gasteiger partial charge on any atom is -0.491 e. The second-order valence-electron chi connectivity index (χ2n) is 6.30. The zero-order valence-corrected chi connectivity index (χ0v) is 13.3. The molecular weight excluding hydrogens is 338 g/mol. The van der Waals surface area contributed by atoms with Crippen LogP contribution in [0.4, 0.5) is 5.69 Å². The van der Waals surface area contributed by atoms with Gasteiger partial charge in [-0.3, -0.25) is 4.79 Å². The van der Waals surface area contributed by atoms with E-state index in [1.165, 1.54) is 25.0 Å². The van der Waals surface area contributed by atoms with Crippen LogP contribution in [0, 0.1) is 0 Å². The number of ether oxygens (including phenoxy) is 5. The molecule has 0 saturated heterocycles. The fraction of sp³-hybridized carbons (Fsp3) is 0.105. The molecule has 7 nitrogen and oxygen atoms in total. The molecule has 0 radical (unpaired) electrons. The fourth-order valence-electron chi connectivity index (χ4n) is 3.81. The van der Waals surface area contributed by atoms with Crippen molar-refractivity contribution in [2.24, 2.45) is 0 Å². The molecule has 0 aliphatic carbocycles. The van der Waals surface area contributed by atoms with Crippen molar-refractivity contribution in [1.82, 2.24) is 0 Å². The van der Waals surface area contributed by atoms with Gasteiger partial charge in [0, 0.05) is 28.9 Å². The van der Waals surface area contributed by atoms with Crippen molar-refractivity contribution in [2.45, 2.75) is 5.41 Å². The molecule has 26 heavy (non-hydrogen) atoms. The summed E-state index contributed by atoms with van der Waals surface area (Å²) in [7, 11) is 0. The molecule has 6 rings (SSSR count). The lowest BCUT2D eigenvalue weighted by atomic mass is 9.77. The van der Waals surface area contributed by atoms with E-state index in [0.29, 0.717) is 34.4 Å². The van der Waals surface area contributed by atoms with Gasteiger partial charge in [0.05, 0.1) is 0 Å². The summed E-state index contributed by atoms with van der Waals surface area (Å²) in [4.78, 5) is 13.0. The van der Waals surface area contributed by atoms with E-state index in [4.69, 9.17) is 23.7 Å². The van der Waals surface area contributed by atoms with E-state index < -0.39 is 5.41 Å². The lowest BCUT2D eigenvalue weighted by Crippen LogP contribution is -2.37. The topological polar surface area (TPSA) is 75.3 Å². The maximum Gasteiger partial charge on any atom is 0.243 e. The molecular formula is C19H11NO6. The standard InChI is InChI=1S/C19H11NO6/c21-18-19(10-5-14-16(7-12(10)20-18)24-3-1-22-14)9-26-13-8-17-15(6-11(13)19)23-2-4-25-17/h1-8H,9H2,(H,20,21). The number of carbonyl (C=O) groups excluding carboxylic acids is 1. The quantitative estimate of drug-likeness (QED) is 0.788. The van der Waals surface area contributed by atoms with Crippen molar-refractivity contribution in [3.63, 3.8) is 0 Å². The van der Waals surface area contributed by atoms with Crippen LogP contribution in [0.5, 0.6) is 28.7 Å². The Morgan fingerprint density at radius 3 is 2.00 bits per heavy atom. The number of nitrogens with one attached hydrogen (secondary N) is 1. The van der Waals surface area contributed by atoms with Crippen molar-refractivity contribution in [2.75, 3.05) is 11.9 Å². The van der Waals surface area contributed by atoms with E-state index in [1.54, 1.807) is 18.2 Å². The van der Waals surface area contributed by atoms with Crippen molar-refractivity contribution in [3.8, 4) is 28.7 Å². The van der Waals surface area contributed by atoms with Crippen LogP contribution in [0.2, 0.25) is 0 Å². The van der Waals surface area contributed by atoms with Crippen LogP contribution in [0.3, 0.4) is 0 Å². The molecule has 2 aromatic carbocycles. The van der Waals surface area contributed by atoms with Crippen LogP contribution in [0.15, 0.2) is 49.3 Å². The van der Waals surface area contributed by atoms with Crippen molar-refractivity contribution in [1.29, 1.82) is 0 Å². The Hall–Kier alpha value is -3.61. The summed E-state index contributed by atoms with van der Waals surface area (Å²) in [6.45, 7) is 0.187. The van der Waals surface area contributed by atoms with E-state index in [2.05, 4.69) is 5.32 Å². The summed E-state index contributed by atoms with van der Waals surface area (Å²) < 4.78 is 27.8. The van der Waals surface area contributed by atoms with Gasteiger partial charge in [-0.2, -0.15) is 0 Å².